The molecule has 0 bridgehead atoms. The van der Waals surface area contributed by atoms with Gasteiger partial charge in [-0.25, -0.2) is 4.98 Å². The average Bonchev–Trinajstić information content (AvgIpc) is 2.92. The molecule has 0 unspecified atom stereocenters. The molecule has 0 amide bonds. The fourth-order valence-corrected chi connectivity index (χ4v) is 3.63. The van der Waals surface area contributed by atoms with Crippen molar-refractivity contribution in [2.24, 2.45) is 0 Å². The Hall–Kier alpha value is -0.680. The number of hydrogen-bond acceptors (Lipinski definition) is 2. The molecule has 1 aromatic heterocycles. The minimum atomic E-state index is 0.705. The molecule has 0 aliphatic rings. The van der Waals surface area contributed by atoms with Gasteiger partial charge in [0.1, 0.15) is 5.01 Å². The summed E-state index contributed by atoms with van der Waals surface area (Å²) in [5, 5.41) is 3.75. The zero-order valence-corrected chi connectivity index (χ0v) is 14.9. The van der Waals surface area contributed by atoms with Crippen molar-refractivity contribution in [1.82, 2.24) is 4.98 Å². The molecule has 1 heterocycles. The molecule has 100 valence electrons. The lowest BCUT2D eigenvalue weighted by molar-refractivity contribution is 1.39. The van der Waals surface area contributed by atoms with Crippen LogP contribution in [-0.2, 0) is 0 Å². The zero-order valence-electron chi connectivity index (χ0n) is 10.1. The molecule has 0 fully saturated rings. The molecule has 1 nitrogen and oxygen atoms in total. The van der Waals surface area contributed by atoms with E-state index in [1.165, 1.54) is 0 Å². The van der Waals surface area contributed by atoms with Crippen LogP contribution >= 0.6 is 54.8 Å². The van der Waals surface area contributed by atoms with E-state index < -0.39 is 0 Å². The molecule has 0 radical (unpaired) electrons. The van der Waals surface area contributed by atoms with Gasteiger partial charge in [-0.2, -0.15) is 0 Å². The first-order chi connectivity index (χ1) is 9.65. The van der Waals surface area contributed by atoms with E-state index in [1.807, 2.05) is 36.4 Å². The predicted molar refractivity (Wildman–Crippen MR) is 93.4 cm³/mol. The molecule has 3 aromatic rings. The van der Waals surface area contributed by atoms with Gasteiger partial charge in [0.05, 0.1) is 10.7 Å². The lowest BCUT2D eigenvalue weighted by Gasteiger charge is -2.01. The van der Waals surface area contributed by atoms with Gasteiger partial charge in [0.25, 0.3) is 0 Å². The van der Waals surface area contributed by atoms with Gasteiger partial charge in [0.15, 0.2) is 0 Å². The van der Waals surface area contributed by atoms with Crippen LogP contribution in [0.1, 0.15) is 0 Å². The third-order valence-electron chi connectivity index (χ3n) is 2.82. The van der Waals surface area contributed by atoms with Crippen molar-refractivity contribution in [1.29, 1.82) is 0 Å². The fraction of sp³-hybridized carbons (Fsp3) is 0. The Balaban J connectivity index is 2.02. The fourth-order valence-electron chi connectivity index (χ4n) is 1.83. The molecular formula is C15H8Br2ClNS. The lowest BCUT2D eigenvalue weighted by Crippen LogP contribution is -1.81. The molecule has 0 atom stereocenters. The Kier molecular flexibility index (Phi) is 4.26. The standard InChI is InChI=1S/C15H8Br2ClNS/c16-11-4-2-1-3-10(11)14-8-20-15(19-14)9-5-6-13(18)12(17)7-9/h1-8H. The molecule has 20 heavy (non-hydrogen) atoms. The summed E-state index contributed by atoms with van der Waals surface area (Å²) >= 11 is 14.6. The highest BCUT2D eigenvalue weighted by Crippen LogP contribution is 2.34. The van der Waals surface area contributed by atoms with E-state index in [2.05, 4.69) is 43.3 Å². The van der Waals surface area contributed by atoms with Gasteiger partial charge in [-0.3, -0.25) is 0 Å². The van der Waals surface area contributed by atoms with Crippen molar-refractivity contribution in [3.8, 4) is 21.8 Å². The van der Waals surface area contributed by atoms with Crippen LogP contribution in [0.2, 0.25) is 5.02 Å². The molecule has 0 saturated carbocycles. The summed E-state index contributed by atoms with van der Waals surface area (Å²) in [5.41, 5.74) is 3.14. The van der Waals surface area contributed by atoms with Crippen LogP contribution in [0.25, 0.3) is 21.8 Å². The number of halogens is 3. The van der Waals surface area contributed by atoms with Crippen LogP contribution in [-0.4, -0.2) is 4.98 Å². The van der Waals surface area contributed by atoms with Crippen LogP contribution in [0.5, 0.6) is 0 Å². The molecule has 0 spiro atoms. The minimum absolute atomic E-state index is 0.705. The van der Waals surface area contributed by atoms with Crippen molar-refractivity contribution in [2.45, 2.75) is 0 Å². The molecule has 0 aliphatic carbocycles. The monoisotopic (exact) mass is 427 g/mol. The SMILES string of the molecule is Clc1ccc(-c2nc(-c3ccccc3Br)cs2)cc1Br. The second-order valence-corrected chi connectivity index (χ2v) is 7.12. The van der Waals surface area contributed by atoms with Crippen molar-refractivity contribution < 1.29 is 0 Å². The van der Waals surface area contributed by atoms with Gasteiger partial charge in [-0.15, -0.1) is 11.3 Å². The second kappa shape index (κ2) is 5.98. The molecule has 0 saturated heterocycles. The third kappa shape index (κ3) is 2.84. The van der Waals surface area contributed by atoms with Crippen LogP contribution in [0.4, 0.5) is 0 Å². The first-order valence-corrected chi connectivity index (χ1v) is 8.65. The maximum atomic E-state index is 6.02. The first-order valence-electron chi connectivity index (χ1n) is 5.81. The van der Waals surface area contributed by atoms with E-state index in [1.54, 1.807) is 11.3 Å². The second-order valence-electron chi connectivity index (χ2n) is 4.15. The molecular weight excluding hydrogens is 422 g/mol. The highest BCUT2D eigenvalue weighted by molar-refractivity contribution is 9.11. The van der Waals surface area contributed by atoms with Gasteiger partial charge < -0.3 is 0 Å². The summed E-state index contributed by atoms with van der Waals surface area (Å²) < 4.78 is 1.93. The molecule has 5 heteroatoms. The predicted octanol–water partition coefficient (Wildman–Crippen LogP) is 6.66. The number of nitrogens with zero attached hydrogens (tertiary/aromatic N) is 1. The van der Waals surface area contributed by atoms with Gasteiger partial charge in [-0.05, 0) is 34.1 Å². The van der Waals surface area contributed by atoms with E-state index in [0.717, 1.165) is 30.8 Å². The number of hydrogen-bond donors (Lipinski definition) is 0. The van der Waals surface area contributed by atoms with Gasteiger partial charge in [0.2, 0.25) is 0 Å². The topological polar surface area (TPSA) is 12.9 Å². The Morgan fingerprint density at radius 2 is 1.80 bits per heavy atom. The van der Waals surface area contributed by atoms with Crippen molar-refractivity contribution in [3.63, 3.8) is 0 Å². The number of thiazole rings is 1. The molecule has 3 rings (SSSR count). The van der Waals surface area contributed by atoms with Crippen LogP contribution < -0.4 is 0 Å². The highest BCUT2D eigenvalue weighted by atomic mass is 79.9. The van der Waals surface area contributed by atoms with Crippen LogP contribution in [0.3, 0.4) is 0 Å². The quantitative estimate of drug-likeness (QED) is 0.444. The average molecular weight is 430 g/mol. The third-order valence-corrected chi connectivity index (χ3v) is 5.62. The molecule has 0 aliphatic heterocycles. The summed E-state index contributed by atoms with van der Waals surface area (Å²) in [6, 6.07) is 13.9. The summed E-state index contributed by atoms with van der Waals surface area (Å²) in [5.74, 6) is 0. The lowest BCUT2D eigenvalue weighted by atomic mass is 10.2. The molecule has 0 N–H and O–H groups in total. The number of rotatable bonds is 2. The maximum Gasteiger partial charge on any atom is 0.124 e. The summed E-state index contributed by atoms with van der Waals surface area (Å²) in [6.07, 6.45) is 0. The summed E-state index contributed by atoms with van der Waals surface area (Å²) in [6.45, 7) is 0. The van der Waals surface area contributed by atoms with Crippen LogP contribution in [0, 0.1) is 0 Å². The zero-order chi connectivity index (χ0) is 14.1. The Morgan fingerprint density at radius 1 is 1.00 bits per heavy atom. The Labute approximate surface area is 142 Å². The summed E-state index contributed by atoms with van der Waals surface area (Å²) in [7, 11) is 0. The number of benzene rings is 2. The highest BCUT2D eigenvalue weighted by Gasteiger charge is 2.10. The largest absolute Gasteiger partial charge is 0.236 e. The minimum Gasteiger partial charge on any atom is -0.236 e. The van der Waals surface area contributed by atoms with Crippen molar-refractivity contribution in [3.05, 3.63) is 61.8 Å². The number of aromatic nitrogens is 1. The Morgan fingerprint density at radius 3 is 2.55 bits per heavy atom. The maximum absolute atomic E-state index is 6.02. The molecule has 2 aromatic carbocycles. The normalized spacial score (nSPS) is 10.8. The summed E-state index contributed by atoms with van der Waals surface area (Å²) in [4.78, 5) is 4.71. The van der Waals surface area contributed by atoms with Crippen molar-refractivity contribution in [2.75, 3.05) is 0 Å². The van der Waals surface area contributed by atoms with Crippen molar-refractivity contribution >= 4 is 54.8 Å². The van der Waals surface area contributed by atoms with E-state index in [-0.39, 0.29) is 0 Å². The van der Waals surface area contributed by atoms with E-state index in [9.17, 15) is 0 Å². The van der Waals surface area contributed by atoms with Gasteiger partial charge >= 0.3 is 0 Å². The van der Waals surface area contributed by atoms with E-state index in [4.69, 9.17) is 16.6 Å². The van der Waals surface area contributed by atoms with Gasteiger partial charge in [0, 0.05) is 25.5 Å². The van der Waals surface area contributed by atoms with Gasteiger partial charge in [-0.1, -0.05) is 51.8 Å². The smallest absolute Gasteiger partial charge is 0.124 e. The van der Waals surface area contributed by atoms with E-state index in [0.29, 0.717) is 5.02 Å². The van der Waals surface area contributed by atoms with Crippen LogP contribution in [0.15, 0.2) is 56.8 Å². The first kappa shape index (κ1) is 14.3. The Bertz CT molecular complexity index is 770. The van der Waals surface area contributed by atoms with E-state index >= 15 is 0 Å².